The summed E-state index contributed by atoms with van der Waals surface area (Å²) in [4.78, 5) is 24.3. The van der Waals surface area contributed by atoms with Crippen molar-refractivity contribution in [3.8, 4) is 0 Å². The molecule has 0 radical (unpaired) electrons. The fraction of sp³-hybridized carbons (Fsp3) is 0.889. The minimum Gasteiger partial charge on any atom is -0.462 e. The first-order valence-electron chi connectivity index (χ1n) is 8.99. The molecule has 3 aliphatic carbocycles. The molecule has 0 spiro atoms. The lowest BCUT2D eigenvalue weighted by Crippen LogP contribution is -2.39. The van der Waals surface area contributed by atoms with Gasteiger partial charge in [-0.3, -0.25) is 9.59 Å². The molecule has 3 saturated carbocycles. The third-order valence-electron chi connectivity index (χ3n) is 6.10. The summed E-state index contributed by atoms with van der Waals surface area (Å²) in [5, 5.41) is 0. The van der Waals surface area contributed by atoms with E-state index in [0.717, 1.165) is 51.4 Å². The number of carbonyl (C=O) groups excluding carboxylic acids is 2. The van der Waals surface area contributed by atoms with Gasteiger partial charge in [-0.25, -0.2) is 0 Å². The van der Waals surface area contributed by atoms with E-state index in [-0.39, 0.29) is 35.5 Å². The van der Waals surface area contributed by atoms with Gasteiger partial charge in [0.05, 0.1) is 5.92 Å². The van der Waals surface area contributed by atoms with E-state index in [2.05, 4.69) is 6.92 Å². The average Bonchev–Trinajstić information content (AvgIpc) is 3.22. The van der Waals surface area contributed by atoms with Crippen molar-refractivity contribution in [2.75, 3.05) is 0 Å². The number of hydrogen-bond acceptors (Lipinski definition) is 4. The van der Waals surface area contributed by atoms with Crippen molar-refractivity contribution >= 4 is 11.9 Å². The van der Waals surface area contributed by atoms with Gasteiger partial charge in [0, 0.05) is 12.3 Å². The van der Waals surface area contributed by atoms with Gasteiger partial charge in [0.1, 0.15) is 11.7 Å². The average molecular weight is 308 g/mol. The van der Waals surface area contributed by atoms with E-state index in [1.807, 2.05) is 6.92 Å². The smallest absolute Gasteiger partial charge is 0.309 e. The van der Waals surface area contributed by atoms with Crippen LogP contribution >= 0.6 is 0 Å². The molecule has 22 heavy (non-hydrogen) atoms. The third kappa shape index (κ3) is 2.89. The Bertz CT molecular complexity index is 438. The standard InChI is InChI=1S/C18H28O4/c1-3-16(19)21-15-11-12-9-13(15)14(10-12)17(20)22-18(4-2)7-5-6-8-18/h12-15H,3-11H2,1-2H3. The van der Waals surface area contributed by atoms with E-state index >= 15 is 0 Å². The van der Waals surface area contributed by atoms with Gasteiger partial charge < -0.3 is 9.47 Å². The van der Waals surface area contributed by atoms with E-state index in [4.69, 9.17) is 9.47 Å². The van der Waals surface area contributed by atoms with E-state index in [9.17, 15) is 9.59 Å². The maximum absolute atomic E-state index is 12.7. The second-order valence-corrected chi connectivity index (χ2v) is 7.39. The van der Waals surface area contributed by atoms with Gasteiger partial charge in [-0.05, 0) is 57.3 Å². The van der Waals surface area contributed by atoms with Crippen LogP contribution in [0.2, 0.25) is 0 Å². The van der Waals surface area contributed by atoms with Gasteiger partial charge in [-0.15, -0.1) is 0 Å². The number of fused-ring (bicyclic) bond motifs is 2. The maximum atomic E-state index is 12.7. The van der Waals surface area contributed by atoms with E-state index in [1.165, 1.54) is 0 Å². The fourth-order valence-electron chi connectivity index (χ4n) is 4.78. The zero-order valence-electron chi connectivity index (χ0n) is 13.8. The van der Waals surface area contributed by atoms with Crippen LogP contribution in [-0.2, 0) is 19.1 Å². The number of rotatable bonds is 5. The molecule has 0 aliphatic heterocycles. The third-order valence-corrected chi connectivity index (χ3v) is 6.10. The SMILES string of the molecule is CCC(=O)OC1CC2CC(C(=O)OC3(CC)CCCC3)C1C2. The molecule has 0 heterocycles. The Balaban J connectivity index is 1.62. The van der Waals surface area contributed by atoms with E-state index < -0.39 is 0 Å². The normalized spacial score (nSPS) is 35.5. The molecule has 4 nitrogen and oxygen atoms in total. The minimum atomic E-state index is -0.214. The van der Waals surface area contributed by atoms with Crippen molar-refractivity contribution in [3.05, 3.63) is 0 Å². The molecule has 4 atom stereocenters. The van der Waals surface area contributed by atoms with Gasteiger partial charge in [-0.1, -0.05) is 13.8 Å². The predicted octanol–water partition coefficient (Wildman–Crippen LogP) is 3.62. The quantitative estimate of drug-likeness (QED) is 0.728. The fourth-order valence-corrected chi connectivity index (χ4v) is 4.78. The highest BCUT2D eigenvalue weighted by Crippen LogP contribution is 2.51. The zero-order chi connectivity index (χ0) is 15.7. The molecule has 0 aromatic carbocycles. The van der Waals surface area contributed by atoms with Crippen molar-refractivity contribution in [1.82, 2.24) is 0 Å². The minimum absolute atomic E-state index is 0.0338. The highest BCUT2D eigenvalue weighted by atomic mass is 16.6. The largest absolute Gasteiger partial charge is 0.462 e. The van der Waals surface area contributed by atoms with Crippen molar-refractivity contribution in [2.24, 2.45) is 17.8 Å². The van der Waals surface area contributed by atoms with Crippen LogP contribution in [0.5, 0.6) is 0 Å². The van der Waals surface area contributed by atoms with Crippen molar-refractivity contribution < 1.29 is 19.1 Å². The van der Waals surface area contributed by atoms with E-state index in [1.54, 1.807) is 0 Å². The van der Waals surface area contributed by atoms with Gasteiger partial charge in [0.25, 0.3) is 0 Å². The van der Waals surface area contributed by atoms with Crippen LogP contribution in [0.25, 0.3) is 0 Å². The van der Waals surface area contributed by atoms with Crippen LogP contribution in [0.15, 0.2) is 0 Å². The number of hydrogen-bond donors (Lipinski definition) is 0. The molecule has 4 unspecified atom stereocenters. The van der Waals surface area contributed by atoms with Crippen molar-refractivity contribution in [2.45, 2.75) is 83.3 Å². The molecule has 0 N–H and O–H groups in total. The van der Waals surface area contributed by atoms with Gasteiger partial charge in [-0.2, -0.15) is 0 Å². The summed E-state index contributed by atoms with van der Waals surface area (Å²) >= 11 is 0. The number of carbonyl (C=O) groups is 2. The molecule has 3 aliphatic rings. The molecule has 3 rings (SSSR count). The molecule has 0 amide bonds. The van der Waals surface area contributed by atoms with Crippen molar-refractivity contribution in [1.29, 1.82) is 0 Å². The summed E-state index contributed by atoms with van der Waals surface area (Å²) in [5.41, 5.74) is -0.214. The summed E-state index contributed by atoms with van der Waals surface area (Å²) in [7, 11) is 0. The zero-order valence-corrected chi connectivity index (χ0v) is 13.8. The highest BCUT2D eigenvalue weighted by Gasteiger charge is 2.52. The molecule has 4 heteroatoms. The first-order chi connectivity index (χ1) is 10.6. The number of ether oxygens (including phenoxy) is 2. The Morgan fingerprint density at radius 3 is 2.41 bits per heavy atom. The Morgan fingerprint density at radius 2 is 1.82 bits per heavy atom. The van der Waals surface area contributed by atoms with E-state index in [0.29, 0.717) is 12.3 Å². The first kappa shape index (κ1) is 15.8. The second kappa shape index (κ2) is 6.21. The Kier molecular flexibility index (Phi) is 4.47. The van der Waals surface area contributed by atoms with Crippen LogP contribution in [0.3, 0.4) is 0 Å². The summed E-state index contributed by atoms with van der Waals surface area (Å²) in [6.07, 6.45) is 8.45. The summed E-state index contributed by atoms with van der Waals surface area (Å²) in [5.74, 6) is 0.470. The lowest BCUT2D eigenvalue weighted by Gasteiger charge is -2.33. The van der Waals surface area contributed by atoms with Gasteiger partial charge in [0.15, 0.2) is 0 Å². The lowest BCUT2D eigenvalue weighted by molar-refractivity contribution is -0.171. The predicted molar refractivity (Wildman–Crippen MR) is 82.1 cm³/mol. The molecule has 0 saturated heterocycles. The number of esters is 2. The molecular formula is C18H28O4. The summed E-state index contributed by atoms with van der Waals surface area (Å²) in [6, 6.07) is 0. The van der Waals surface area contributed by atoms with Gasteiger partial charge in [0.2, 0.25) is 0 Å². The van der Waals surface area contributed by atoms with Crippen LogP contribution in [0, 0.1) is 17.8 Å². The van der Waals surface area contributed by atoms with Crippen LogP contribution in [0.4, 0.5) is 0 Å². The second-order valence-electron chi connectivity index (χ2n) is 7.39. The Morgan fingerprint density at radius 1 is 1.09 bits per heavy atom. The maximum Gasteiger partial charge on any atom is 0.309 e. The molecular weight excluding hydrogens is 280 g/mol. The molecule has 0 aromatic heterocycles. The molecule has 3 fully saturated rings. The lowest BCUT2D eigenvalue weighted by atomic mass is 9.86. The highest BCUT2D eigenvalue weighted by molar-refractivity contribution is 5.74. The topological polar surface area (TPSA) is 52.6 Å². The molecule has 2 bridgehead atoms. The first-order valence-corrected chi connectivity index (χ1v) is 8.99. The van der Waals surface area contributed by atoms with Crippen LogP contribution in [-0.4, -0.2) is 23.6 Å². The molecule has 124 valence electrons. The van der Waals surface area contributed by atoms with Crippen LogP contribution < -0.4 is 0 Å². The Labute approximate surface area is 132 Å². The van der Waals surface area contributed by atoms with Crippen molar-refractivity contribution in [3.63, 3.8) is 0 Å². The monoisotopic (exact) mass is 308 g/mol. The summed E-state index contributed by atoms with van der Waals surface area (Å²) in [6.45, 7) is 3.93. The Hall–Kier alpha value is -1.06. The summed E-state index contributed by atoms with van der Waals surface area (Å²) < 4.78 is 11.5. The van der Waals surface area contributed by atoms with Gasteiger partial charge >= 0.3 is 11.9 Å². The van der Waals surface area contributed by atoms with Crippen LogP contribution in [0.1, 0.15) is 71.6 Å². The molecule has 0 aromatic rings.